The molecule has 0 fully saturated rings. The van der Waals surface area contributed by atoms with Gasteiger partial charge in [0.25, 0.3) is 11.4 Å². The maximum absolute atomic E-state index is 12.3. The van der Waals surface area contributed by atoms with Crippen LogP contribution in [0.2, 0.25) is 0 Å². The molecule has 0 heterocycles. The third kappa shape index (κ3) is 7.47. The van der Waals surface area contributed by atoms with E-state index in [2.05, 4.69) is 24.9 Å². The molecule has 1 aromatic rings. The number of carbonyl (C=O) groups is 2. The van der Waals surface area contributed by atoms with E-state index in [1.807, 2.05) is 0 Å². The summed E-state index contributed by atoms with van der Waals surface area (Å²) in [6.45, 7) is 2.59. The van der Waals surface area contributed by atoms with Gasteiger partial charge in [-0.1, -0.05) is 39.0 Å². The van der Waals surface area contributed by atoms with Crippen molar-refractivity contribution < 1.29 is 19.4 Å². The van der Waals surface area contributed by atoms with Gasteiger partial charge in [-0.3, -0.25) is 29.8 Å². The zero-order valence-corrected chi connectivity index (χ0v) is 16.4. The minimum absolute atomic E-state index is 0.302. The molecule has 1 aromatic carbocycles. The molecule has 9 nitrogen and oxygen atoms in total. The maximum atomic E-state index is 12.3. The minimum Gasteiger partial charge on any atom is -0.353 e. The first kappa shape index (κ1) is 23.3. The Morgan fingerprint density at radius 2 is 1.68 bits per heavy atom. The number of nitrogens with zero attached hydrogens (tertiary/aromatic N) is 2. The van der Waals surface area contributed by atoms with Crippen LogP contribution in [-0.2, 0) is 4.79 Å². The van der Waals surface area contributed by atoms with E-state index in [1.54, 1.807) is 0 Å². The fraction of sp³-hybridized carbons (Fsp3) is 0.444. The van der Waals surface area contributed by atoms with Crippen molar-refractivity contribution in [1.82, 2.24) is 5.32 Å². The van der Waals surface area contributed by atoms with E-state index in [0.29, 0.717) is 6.54 Å². The lowest BCUT2D eigenvalue weighted by molar-refractivity contribution is -0.391. The van der Waals surface area contributed by atoms with Crippen LogP contribution in [0.5, 0.6) is 0 Å². The number of nitrogens with one attached hydrogen (secondary N) is 1. The number of allylic oxidation sites excluding steroid dienone is 1. The van der Waals surface area contributed by atoms with E-state index in [-0.39, 0.29) is 4.90 Å². The zero-order valence-electron chi connectivity index (χ0n) is 15.6. The van der Waals surface area contributed by atoms with Gasteiger partial charge in [-0.2, -0.15) is 0 Å². The summed E-state index contributed by atoms with van der Waals surface area (Å²) in [7, 11) is 0. The number of hydrogen-bond donors (Lipinski definition) is 2. The molecule has 0 spiro atoms. The standard InChI is InChI=1S/C18H23N3O6S/c1-2-3-4-5-6-7-10-19-17(23)9-8-15(22)14-11-13(20(24)25)12-16(28)18(14)21(26)27/h8-9,11-12,28H,2-7,10H2,1H3,(H,19,23). The highest BCUT2D eigenvalue weighted by Crippen LogP contribution is 2.32. The number of rotatable bonds is 12. The summed E-state index contributed by atoms with van der Waals surface area (Å²) in [5, 5.41) is 24.7. The van der Waals surface area contributed by atoms with Crippen LogP contribution < -0.4 is 5.32 Å². The molecule has 152 valence electrons. The van der Waals surface area contributed by atoms with Crippen molar-refractivity contribution in [2.45, 2.75) is 50.3 Å². The quantitative estimate of drug-likeness (QED) is 0.134. The van der Waals surface area contributed by atoms with Gasteiger partial charge in [0.15, 0.2) is 5.78 Å². The Kier molecular flexibility index (Phi) is 9.86. The lowest BCUT2D eigenvalue weighted by Gasteiger charge is -2.03. The van der Waals surface area contributed by atoms with E-state index >= 15 is 0 Å². The highest BCUT2D eigenvalue weighted by atomic mass is 32.1. The van der Waals surface area contributed by atoms with Crippen LogP contribution in [0.15, 0.2) is 29.2 Å². The molecule has 1 N–H and O–H groups in total. The number of unbranched alkanes of at least 4 members (excludes halogenated alkanes) is 5. The fourth-order valence-corrected chi connectivity index (χ4v) is 2.84. The molecule has 10 heteroatoms. The predicted molar refractivity (Wildman–Crippen MR) is 107 cm³/mol. The second kappa shape index (κ2) is 11.9. The molecule has 0 saturated carbocycles. The van der Waals surface area contributed by atoms with Crippen LogP contribution in [0.1, 0.15) is 55.8 Å². The molecule has 0 saturated heterocycles. The average Bonchev–Trinajstić information content (AvgIpc) is 2.64. The van der Waals surface area contributed by atoms with Crippen molar-refractivity contribution in [2.75, 3.05) is 6.54 Å². The van der Waals surface area contributed by atoms with Gasteiger partial charge < -0.3 is 5.32 Å². The topological polar surface area (TPSA) is 132 Å². The first-order valence-corrected chi connectivity index (χ1v) is 9.38. The molecule has 1 amide bonds. The highest BCUT2D eigenvalue weighted by molar-refractivity contribution is 7.80. The van der Waals surface area contributed by atoms with Gasteiger partial charge in [0.1, 0.15) is 5.56 Å². The average molecular weight is 409 g/mol. The molecule has 0 radical (unpaired) electrons. The number of ketones is 1. The molecular formula is C18H23N3O6S. The van der Waals surface area contributed by atoms with Crippen molar-refractivity contribution in [1.29, 1.82) is 0 Å². The summed E-state index contributed by atoms with van der Waals surface area (Å²) in [5.41, 5.74) is -1.64. The number of nitro benzene ring substituents is 2. The van der Waals surface area contributed by atoms with Crippen LogP contribution in [0.25, 0.3) is 0 Å². The third-order valence-corrected chi connectivity index (χ3v) is 4.29. The van der Waals surface area contributed by atoms with Gasteiger partial charge in [0.2, 0.25) is 5.91 Å². The summed E-state index contributed by atoms with van der Waals surface area (Å²) < 4.78 is 0. The number of amides is 1. The van der Waals surface area contributed by atoms with Gasteiger partial charge in [-0.05, 0) is 12.5 Å². The zero-order chi connectivity index (χ0) is 21.1. The Morgan fingerprint density at radius 1 is 1.04 bits per heavy atom. The molecule has 0 aliphatic rings. The molecule has 0 unspecified atom stereocenters. The molecule has 0 aliphatic heterocycles. The van der Waals surface area contributed by atoms with E-state index in [9.17, 15) is 29.8 Å². The summed E-state index contributed by atoms with van der Waals surface area (Å²) in [5.74, 6) is -1.40. The largest absolute Gasteiger partial charge is 0.353 e. The third-order valence-electron chi connectivity index (χ3n) is 3.95. The lowest BCUT2D eigenvalue weighted by Crippen LogP contribution is -2.22. The number of thiol groups is 1. The molecule has 0 aliphatic carbocycles. The van der Waals surface area contributed by atoms with Crippen molar-refractivity contribution in [3.63, 3.8) is 0 Å². The lowest BCUT2D eigenvalue weighted by atomic mass is 10.1. The van der Waals surface area contributed by atoms with Crippen LogP contribution >= 0.6 is 12.6 Å². The Balaban J connectivity index is 2.72. The highest BCUT2D eigenvalue weighted by Gasteiger charge is 2.26. The second-order valence-electron chi connectivity index (χ2n) is 6.13. The predicted octanol–water partition coefficient (Wildman–Crippen LogP) is 4.01. The summed E-state index contributed by atoms with van der Waals surface area (Å²) >= 11 is 3.86. The normalized spacial score (nSPS) is 10.8. The van der Waals surface area contributed by atoms with Gasteiger partial charge in [-0.15, -0.1) is 12.6 Å². The molecule has 28 heavy (non-hydrogen) atoms. The minimum atomic E-state index is -0.889. The van der Waals surface area contributed by atoms with E-state index in [4.69, 9.17) is 0 Å². The van der Waals surface area contributed by atoms with Crippen LogP contribution in [0, 0.1) is 20.2 Å². The van der Waals surface area contributed by atoms with E-state index < -0.39 is 38.5 Å². The summed E-state index contributed by atoms with van der Waals surface area (Å²) in [6, 6.07) is 1.70. The number of hydrogen-bond acceptors (Lipinski definition) is 7. The van der Waals surface area contributed by atoms with Crippen LogP contribution in [0.4, 0.5) is 11.4 Å². The van der Waals surface area contributed by atoms with Crippen LogP contribution in [-0.4, -0.2) is 28.1 Å². The molecule has 0 bridgehead atoms. The molecule has 0 aromatic heterocycles. The Morgan fingerprint density at radius 3 is 2.29 bits per heavy atom. The van der Waals surface area contributed by atoms with Crippen molar-refractivity contribution in [3.8, 4) is 0 Å². The van der Waals surface area contributed by atoms with Crippen molar-refractivity contribution in [2.24, 2.45) is 0 Å². The maximum Gasteiger partial charge on any atom is 0.294 e. The molecular weight excluding hydrogens is 386 g/mol. The van der Waals surface area contributed by atoms with Gasteiger partial charge >= 0.3 is 0 Å². The number of non-ortho nitro benzene ring substituents is 1. The Labute approximate surface area is 167 Å². The van der Waals surface area contributed by atoms with E-state index in [0.717, 1.165) is 56.4 Å². The monoisotopic (exact) mass is 409 g/mol. The Hall–Kier alpha value is -2.75. The smallest absolute Gasteiger partial charge is 0.294 e. The number of benzene rings is 1. The van der Waals surface area contributed by atoms with Crippen molar-refractivity contribution >= 4 is 35.7 Å². The van der Waals surface area contributed by atoms with Gasteiger partial charge in [-0.25, -0.2) is 0 Å². The number of nitro groups is 2. The van der Waals surface area contributed by atoms with Crippen molar-refractivity contribution in [3.05, 3.63) is 50.1 Å². The fourth-order valence-electron chi connectivity index (χ4n) is 2.51. The Bertz CT molecular complexity index is 779. The van der Waals surface area contributed by atoms with Gasteiger partial charge in [0, 0.05) is 24.8 Å². The molecule has 1 rings (SSSR count). The number of carbonyl (C=O) groups excluding carboxylic acids is 2. The summed E-state index contributed by atoms with van der Waals surface area (Å²) in [6.07, 6.45) is 8.23. The van der Waals surface area contributed by atoms with Crippen LogP contribution in [0.3, 0.4) is 0 Å². The van der Waals surface area contributed by atoms with E-state index in [1.165, 1.54) is 6.42 Å². The second-order valence-corrected chi connectivity index (χ2v) is 6.61. The SMILES string of the molecule is CCCCCCCCNC(=O)C=CC(=O)c1cc([N+](=O)[O-])cc(S)c1[N+](=O)[O-]. The first-order valence-electron chi connectivity index (χ1n) is 8.94. The molecule has 0 atom stereocenters. The van der Waals surface area contributed by atoms with Gasteiger partial charge in [0.05, 0.1) is 14.7 Å². The first-order chi connectivity index (χ1) is 13.3. The summed E-state index contributed by atoms with van der Waals surface area (Å²) in [4.78, 5) is 44.2.